The standard InChI is InChI=1S/C9H6N2S/c1-2-6-7-4-10-5-11-9(7)12-8(6)3-1/h1,3-5H,2H2. The van der Waals surface area contributed by atoms with Crippen molar-refractivity contribution < 1.29 is 0 Å². The molecular formula is C9H6N2S. The van der Waals surface area contributed by atoms with E-state index in [0.29, 0.717) is 0 Å². The van der Waals surface area contributed by atoms with Crippen molar-refractivity contribution >= 4 is 27.6 Å². The molecule has 2 nitrogen and oxygen atoms in total. The van der Waals surface area contributed by atoms with E-state index >= 15 is 0 Å². The zero-order valence-electron chi connectivity index (χ0n) is 6.32. The maximum absolute atomic E-state index is 4.22. The number of nitrogens with zero attached hydrogens (tertiary/aromatic N) is 2. The second-order valence-corrected chi connectivity index (χ2v) is 3.82. The Morgan fingerprint density at radius 3 is 3.42 bits per heavy atom. The molecule has 58 valence electrons. The van der Waals surface area contributed by atoms with Crippen LogP contribution in [-0.2, 0) is 6.42 Å². The maximum Gasteiger partial charge on any atom is 0.127 e. The zero-order chi connectivity index (χ0) is 7.97. The van der Waals surface area contributed by atoms with Crippen molar-refractivity contribution in [3.05, 3.63) is 29.0 Å². The lowest BCUT2D eigenvalue weighted by molar-refractivity contribution is 1.22. The topological polar surface area (TPSA) is 25.8 Å². The highest BCUT2D eigenvalue weighted by molar-refractivity contribution is 7.19. The molecule has 3 rings (SSSR count). The Labute approximate surface area is 73.6 Å². The number of hydrogen-bond donors (Lipinski definition) is 0. The molecular weight excluding hydrogens is 168 g/mol. The SMILES string of the molecule is C1=Cc2sc3ncncc3c2C1. The lowest BCUT2D eigenvalue weighted by atomic mass is 10.2. The molecule has 0 spiro atoms. The van der Waals surface area contributed by atoms with E-state index in [-0.39, 0.29) is 0 Å². The number of allylic oxidation sites excluding steroid dienone is 1. The predicted octanol–water partition coefficient (Wildman–Crippen LogP) is 2.26. The molecule has 3 heteroatoms. The third-order valence-corrected chi connectivity index (χ3v) is 3.22. The summed E-state index contributed by atoms with van der Waals surface area (Å²) in [4.78, 5) is 10.7. The fraction of sp³-hybridized carbons (Fsp3) is 0.111. The first-order chi connectivity index (χ1) is 5.95. The van der Waals surface area contributed by atoms with Gasteiger partial charge in [0.25, 0.3) is 0 Å². The van der Waals surface area contributed by atoms with Gasteiger partial charge in [-0.25, -0.2) is 9.97 Å². The van der Waals surface area contributed by atoms with Gasteiger partial charge in [0.2, 0.25) is 0 Å². The van der Waals surface area contributed by atoms with Gasteiger partial charge in [-0.2, -0.15) is 0 Å². The molecule has 0 unspecified atom stereocenters. The smallest absolute Gasteiger partial charge is 0.127 e. The Hall–Kier alpha value is -1.22. The Morgan fingerprint density at radius 2 is 2.42 bits per heavy atom. The van der Waals surface area contributed by atoms with Crippen LogP contribution in [-0.4, -0.2) is 9.97 Å². The Balaban J connectivity index is 2.49. The van der Waals surface area contributed by atoms with Crippen molar-refractivity contribution in [2.24, 2.45) is 0 Å². The van der Waals surface area contributed by atoms with Crippen molar-refractivity contribution in [3.8, 4) is 0 Å². The lowest BCUT2D eigenvalue weighted by Gasteiger charge is -1.89. The van der Waals surface area contributed by atoms with E-state index in [0.717, 1.165) is 11.3 Å². The van der Waals surface area contributed by atoms with Crippen molar-refractivity contribution in [2.45, 2.75) is 6.42 Å². The van der Waals surface area contributed by atoms with Crippen LogP contribution in [0.5, 0.6) is 0 Å². The van der Waals surface area contributed by atoms with Crippen LogP contribution in [0.15, 0.2) is 18.6 Å². The number of hydrogen-bond acceptors (Lipinski definition) is 3. The molecule has 2 aromatic heterocycles. The zero-order valence-corrected chi connectivity index (χ0v) is 7.14. The van der Waals surface area contributed by atoms with Gasteiger partial charge < -0.3 is 0 Å². The highest BCUT2D eigenvalue weighted by atomic mass is 32.1. The average molecular weight is 174 g/mol. The Kier molecular flexibility index (Phi) is 1.12. The summed E-state index contributed by atoms with van der Waals surface area (Å²) >= 11 is 1.75. The van der Waals surface area contributed by atoms with Crippen molar-refractivity contribution in [3.63, 3.8) is 0 Å². The number of aromatic nitrogens is 2. The van der Waals surface area contributed by atoms with Crippen LogP contribution in [0.25, 0.3) is 16.3 Å². The second kappa shape index (κ2) is 2.14. The van der Waals surface area contributed by atoms with E-state index in [4.69, 9.17) is 0 Å². The molecule has 12 heavy (non-hydrogen) atoms. The molecule has 2 aromatic rings. The summed E-state index contributed by atoms with van der Waals surface area (Å²) in [7, 11) is 0. The molecule has 1 aliphatic rings. The van der Waals surface area contributed by atoms with E-state index in [2.05, 4.69) is 22.1 Å². The van der Waals surface area contributed by atoms with Crippen LogP contribution in [0.1, 0.15) is 10.4 Å². The monoisotopic (exact) mass is 174 g/mol. The Morgan fingerprint density at radius 1 is 1.42 bits per heavy atom. The highest BCUT2D eigenvalue weighted by Crippen LogP contribution is 2.34. The summed E-state index contributed by atoms with van der Waals surface area (Å²) in [5, 5.41) is 1.22. The highest BCUT2D eigenvalue weighted by Gasteiger charge is 2.13. The van der Waals surface area contributed by atoms with Gasteiger partial charge in [0, 0.05) is 16.5 Å². The molecule has 0 aliphatic heterocycles. The van der Waals surface area contributed by atoms with Gasteiger partial charge in [-0.1, -0.05) is 6.08 Å². The van der Waals surface area contributed by atoms with Crippen LogP contribution in [0.4, 0.5) is 0 Å². The number of rotatable bonds is 0. The minimum absolute atomic E-state index is 1.04. The largest absolute Gasteiger partial charge is 0.244 e. The first kappa shape index (κ1) is 6.31. The molecule has 0 N–H and O–H groups in total. The molecule has 0 aromatic carbocycles. The molecule has 0 amide bonds. The van der Waals surface area contributed by atoms with E-state index in [1.807, 2.05) is 6.20 Å². The van der Waals surface area contributed by atoms with Gasteiger partial charge >= 0.3 is 0 Å². The molecule has 0 saturated carbocycles. The van der Waals surface area contributed by atoms with Crippen LogP contribution in [0.2, 0.25) is 0 Å². The van der Waals surface area contributed by atoms with Crippen molar-refractivity contribution in [1.29, 1.82) is 0 Å². The number of fused-ring (bicyclic) bond motifs is 3. The first-order valence-corrected chi connectivity index (χ1v) is 4.65. The van der Waals surface area contributed by atoms with Crippen LogP contribution in [0.3, 0.4) is 0 Å². The van der Waals surface area contributed by atoms with Gasteiger partial charge in [-0.05, 0) is 18.1 Å². The van der Waals surface area contributed by atoms with Gasteiger partial charge in [-0.15, -0.1) is 11.3 Å². The fourth-order valence-electron chi connectivity index (χ4n) is 1.53. The van der Waals surface area contributed by atoms with E-state index in [9.17, 15) is 0 Å². The third-order valence-electron chi connectivity index (χ3n) is 2.10. The molecule has 0 radical (unpaired) electrons. The minimum atomic E-state index is 1.04. The fourth-order valence-corrected chi connectivity index (χ4v) is 2.61. The second-order valence-electron chi connectivity index (χ2n) is 2.79. The summed E-state index contributed by atoms with van der Waals surface area (Å²) in [6.45, 7) is 0. The quantitative estimate of drug-likeness (QED) is 0.612. The summed E-state index contributed by atoms with van der Waals surface area (Å²) in [6.07, 6.45) is 8.92. The van der Waals surface area contributed by atoms with Crippen LogP contribution in [0, 0.1) is 0 Å². The number of thiophene rings is 1. The molecule has 0 bridgehead atoms. The summed E-state index contributed by atoms with van der Waals surface area (Å²) in [6, 6.07) is 0. The minimum Gasteiger partial charge on any atom is -0.244 e. The predicted molar refractivity (Wildman–Crippen MR) is 50.2 cm³/mol. The summed E-state index contributed by atoms with van der Waals surface area (Å²) in [5.74, 6) is 0. The molecule has 0 saturated heterocycles. The summed E-state index contributed by atoms with van der Waals surface area (Å²) in [5.41, 5.74) is 1.40. The molecule has 2 heterocycles. The third kappa shape index (κ3) is 0.689. The van der Waals surface area contributed by atoms with Gasteiger partial charge in [-0.3, -0.25) is 0 Å². The molecule has 0 atom stereocenters. The average Bonchev–Trinajstić information content (AvgIpc) is 2.62. The van der Waals surface area contributed by atoms with Gasteiger partial charge in [0.1, 0.15) is 11.2 Å². The molecule has 1 aliphatic carbocycles. The van der Waals surface area contributed by atoms with E-state index in [1.165, 1.54) is 15.8 Å². The van der Waals surface area contributed by atoms with Gasteiger partial charge in [0.15, 0.2) is 0 Å². The van der Waals surface area contributed by atoms with Crippen LogP contribution >= 0.6 is 11.3 Å². The van der Waals surface area contributed by atoms with E-state index in [1.54, 1.807) is 17.7 Å². The van der Waals surface area contributed by atoms with Crippen LogP contribution < -0.4 is 0 Å². The lowest BCUT2D eigenvalue weighted by Crippen LogP contribution is -1.78. The molecule has 0 fully saturated rings. The Bertz CT molecular complexity index is 470. The van der Waals surface area contributed by atoms with E-state index < -0.39 is 0 Å². The van der Waals surface area contributed by atoms with Gasteiger partial charge in [0.05, 0.1) is 0 Å². The maximum atomic E-state index is 4.22. The normalized spacial score (nSPS) is 14.0. The summed E-state index contributed by atoms with van der Waals surface area (Å²) < 4.78 is 0. The first-order valence-electron chi connectivity index (χ1n) is 3.83. The van der Waals surface area contributed by atoms with Crippen molar-refractivity contribution in [1.82, 2.24) is 9.97 Å². The van der Waals surface area contributed by atoms with Crippen molar-refractivity contribution in [2.75, 3.05) is 0 Å².